The van der Waals surface area contributed by atoms with Crippen LogP contribution in [0.1, 0.15) is 51.1 Å². The SMILES string of the molecule is COc1ccc(C2=NOC3(CCNCC3)C2)cc1C(=O)Nc1cc2c(cc1C(=O)Nc1ccc(F)c(C(F)(F)F)c1)OC(F)(F)O2. The number of benzene rings is 3. The summed E-state index contributed by atoms with van der Waals surface area (Å²) in [4.78, 5) is 32.7. The van der Waals surface area contributed by atoms with Crippen molar-refractivity contribution in [3.8, 4) is 17.2 Å². The zero-order chi connectivity index (χ0) is 32.9. The summed E-state index contributed by atoms with van der Waals surface area (Å²) in [5.41, 5.74) is -2.25. The number of rotatable bonds is 6. The minimum absolute atomic E-state index is 0.0170. The van der Waals surface area contributed by atoms with Crippen LogP contribution in [0.4, 0.5) is 37.7 Å². The topological polar surface area (TPSA) is 120 Å². The molecule has 10 nitrogen and oxygen atoms in total. The highest BCUT2D eigenvalue weighted by atomic mass is 19.4. The maximum absolute atomic E-state index is 13.9. The summed E-state index contributed by atoms with van der Waals surface area (Å²) in [7, 11) is 1.32. The second kappa shape index (κ2) is 11.4. The quantitative estimate of drug-likeness (QED) is 0.283. The summed E-state index contributed by atoms with van der Waals surface area (Å²) in [5, 5.41) is 12.1. The number of halogens is 6. The predicted octanol–water partition coefficient (Wildman–Crippen LogP) is 5.93. The molecule has 3 aliphatic heterocycles. The molecule has 1 saturated heterocycles. The molecule has 0 aromatic heterocycles. The van der Waals surface area contributed by atoms with Crippen molar-refractivity contribution in [1.82, 2.24) is 5.32 Å². The van der Waals surface area contributed by atoms with Gasteiger partial charge in [0.25, 0.3) is 11.8 Å². The van der Waals surface area contributed by atoms with Crippen LogP contribution in [0.3, 0.4) is 0 Å². The molecule has 46 heavy (non-hydrogen) atoms. The maximum atomic E-state index is 13.9. The van der Waals surface area contributed by atoms with E-state index in [0.29, 0.717) is 29.8 Å². The van der Waals surface area contributed by atoms with E-state index in [9.17, 15) is 35.9 Å². The van der Waals surface area contributed by atoms with Gasteiger partial charge in [-0.3, -0.25) is 9.59 Å². The molecular formula is C30H24F6N4O6. The summed E-state index contributed by atoms with van der Waals surface area (Å²) < 4.78 is 95.5. The van der Waals surface area contributed by atoms with Crippen LogP contribution < -0.4 is 30.2 Å². The third kappa shape index (κ3) is 6.11. The third-order valence-electron chi connectivity index (χ3n) is 7.70. The highest BCUT2D eigenvalue weighted by Crippen LogP contribution is 2.44. The van der Waals surface area contributed by atoms with Gasteiger partial charge < -0.3 is 35.0 Å². The number of piperidine rings is 1. The normalized spacial score (nSPS) is 17.7. The molecule has 1 spiro atoms. The van der Waals surface area contributed by atoms with Gasteiger partial charge in [0, 0.05) is 36.6 Å². The van der Waals surface area contributed by atoms with E-state index < -0.39 is 64.0 Å². The van der Waals surface area contributed by atoms with Gasteiger partial charge in [-0.05, 0) is 55.6 Å². The Morgan fingerprint density at radius 3 is 2.33 bits per heavy atom. The minimum atomic E-state index is -5.06. The highest BCUT2D eigenvalue weighted by molar-refractivity contribution is 6.14. The Kier molecular flexibility index (Phi) is 7.70. The molecule has 0 aliphatic carbocycles. The van der Waals surface area contributed by atoms with Crippen molar-refractivity contribution >= 4 is 28.9 Å². The van der Waals surface area contributed by atoms with Gasteiger partial charge in [0.15, 0.2) is 11.5 Å². The van der Waals surface area contributed by atoms with Crippen LogP contribution in [-0.4, -0.2) is 49.6 Å². The average molecular weight is 651 g/mol. The molecule has 0 saturated carbocycles. The Labute approximate surface area is 256 Å². The van der Waals surface area contributed by atoms with Crippen LogP contribution in [0, 0.1) is 5.82 Å². The van der Waals surface area contributed by atoms with Crippen LogP contribution in [0.25, 0.3) is 0 Å². The monoisotopic (exact) mass is 650 g/mol. The Hall–Kier alpha value is -4.99. The van der Waals surface area contributed by atoms with Gasteiger partial charge in [0.1, 0.15) is 17.2 Å². The van der Waals surface area contributed by atoms with Crippen molar-refractivity contribution in [2.45, 2.75) is 37.3 Å². The molecule has 3 heterocycles. The number of nitrogens with one attached hydrogen (secondary N) is 3. The lowest BCUT2D eigenvalue weighted by molar-refractivity contribution is -0.286. The van der Waals surface area contributed by atoms with Gasteiger partial charge in [-0.2, -0.15) is 13.2 Å². The first-order valence-corrected chi connectivity index (χ1v) is 13.8. The number of carbonyl (C=O) groups is 2. The maximum Gasteiger partial charge on any atom is 0.586 e. The standard InChI is InChI=1S/C30H24F6N4O6/c1-43-23-5-2-15(22-14-28(46-40-22)6-8-37-9-7-28)10-18(23)27(42)39-21-13-25-24(44-30(35,36)45-25)12-17(21)26(41)38-16-3-4-20(31)19(11-16)29(32,33)34/h2-5,10-13,37H,6-9,14H2,1H3,(H,38,41)(H,39,42). The average Bonchev–Trinajstić information content (AvgIpc) is 3.55. The van der Waals surface area contributed by atoms with E-state index in [2.05, 4.69) is 30.6 Å². The van der Waals surface area contributed by atoms with Gasteiger partial charge in [-0.1, -0.05) is 5.16 Å². The van der Waals surface area contributed by atoms with Gasteiger partial charge >= 0.3 is 12.5 Å². The Bertz CT molecular complexity index is 1760. The van der Waals surface area contributed by atoms with Crippen molar-refractivity contribution in [3.05, 3.63) is 76.6 Å². The molecule has 3 N–H and O–H groups in total. The highest BCUT2D eigenvalue weighted by Gasteiger charge is 2.45. The number of carbonyl (C=O) groups excluding carboxylic acids is 2. The summed E-state index contributed by atoms with van der Waals surface area (Å²) >= 11 is 0. The van der Waals surface area contributed by atoms with Crippen LogP contribution >= 0.6 is 0 Å². The molecule has 3 aliphatic rings. The van der Waals surface area contributed by atoms with Crippen LogP contribution in [0.15, 0.2) is 53.7 Å². The number of hydrogen-bond acceptors (Lipinski definition) is 8. The van der Waals surface area contributed by atoms with Crippen molar-refractivity contribution in [3.63, 3.8) is 0 Å². The Balaban J connectivity index is 1.31. The number of nitrogens with zero attached hydrogens (tertiary/aromatic N) is 1. The lowest BCUT2D eigenvalue weighted by Crippen LogP contribution is -2.42. The second-order valence-corrected chi connectivity index (χ2v) is 10.8. The predicted molar refractivity (Wildman–Crippen MR) is 150 cm³/mol. The molecule has 2 amide bonds. The summed E-state index contributed by atoms with van der Waals surface area (Å²) in [6.45, 7) is 1.53. The van der Waals surface area contributed by atoms with Crippen LogP contribution in [-0.2, 0) is 11.0 Å². The molecule has 3 aromatic rings. The Morgan fingerprint density at radius 1 is 0.935 bits per heavy atom. The van der Waals surface area contributed by atoms with Crippen LogP contribution in [0.5, 0.6) is 17.2 Å². The van der Waals surface area contributed by atoms with Crippen molar-refractivity contribution in [2.75, 3.05) is 30.8 Å². The number of oxime groups is 1. The van der Waals surface area contributed by atoms with Gasteiger partial charge in [0.05, 0.1) is 35.2 Å². The molecule has 0 radical (unpaired) electrons. The summed E-state index contributed by atoms with van der Waals surface area (Å²) in [6, 6.07) is 8.20. The number of amides is 2. The number of anilines is 2. The first kappa shape index (κ1) is 31.0. The minimum Gasteiger partial charge on any atom is -0.496 e. The Morgan fingerprint density at radius 2 is 1.63 bits per heavy atom. The van der Waals surface area contributed by atoms with E-state index in [4.69, 9.17) is 9.57 Å². The summed E-state index contributed by atoms with van der Waals surface area (Å²) in [5.74, 6) is -4.52. The van der Waals surface area contributed by atoms with E-state index in [1.807, 2.05) is 0 Å². The first-order chi connectivity index (χ1) is 21.8. The number of alkyl halides is 5. The number of methoxy groups -OCH3 is 1. The van der Waals surface area contributed by atoms with E-state index >= 15 is 0 Å². The molecule has 1 fully saturated rings. The smallest absolute Gasteiger partial charge is 0.496 e. The fourth-order valence-electron chi connectivity index (χ4n) is 5.39. The molecule has 0 bridgehead atoms. The molecule has 0 unspecified atom stereocenters. The van der Waals surface area contributed by atoms with Crippen molar-refractivity contribution < 1.29 is 55.0 Å². The van der Waals surface area contributed by atoms with Crippen molar-refractivity contribution in [1.29, 1.82) is 0 Å². The van der Waals surface area contributed by atoms with E-state index in [1.165, 1.54) is 19.2 Å². The van der Waals surface area contributed by atoms with Crippen LogP contribution in [0.2, 0.25) is 0 Å². The zero-order valence-electron chi connectivity index (χ0n) is 23.8. The fraction of sp³-hybridized carbons (Fsp3) is 0.300. The summed E-state index contributed by atoms with van der Waals surface area (Å²) in [6.07, 6.45) is -7.17. The molecular weight excluding hydrogens is 626 g/mol. The van der Waals surface area contributed by atoms with Gasteiger partial charge in [0.2, 0.25) is 0 Å². The fourth-order valence-corrected chi connectivity index (χ4v) is 5.39. The van der Waals surface area contributed by atoms with Crippen molar-refractivity contribution in [2.24, 2.45) is 5.16 Å². The molecule has 3 aromatic carbocycles. The van der Waals surface area contributed by atoms with E-state index in [-0.39, 0.29) is 17.0 Å². The van der Waals surface area contributed by atoms with Gasteiger partial charge in [-0.25, -0.2) is 4.39 Å². The largest absolute Gasteiger partial charge is 0.586 e. The second-order valence-electron chi connectivity index (χ2n) is 10.8. The number of ether oxygens (including phenoxy) is 3. The molecule has 16 heteroatoms. The lowest BCUT2D eigenvalue weighted by Gasteiger charge is -2.30. The zero-order valence-corrected chi connectivity index (χ0v) is 23.8. The van der Waals surface area contributed by atoms with Gasteiger partial charge in [-0.15, -0.1) is 8.78 Å². The van der Waals surface area contributed by atoms with E-state index in [0.717, 1.165) is 44.1 Å². The number of hydrogen-bond donors (Lipinski definition) is 3. The lowest BCUT2D eigenvalue weighted by atomic mass is 9.86. The first-order valence-electron chi connectivity index (χ1n) is 13.8. The third-order valence-corrected chi connectivity index (χ3v) is 7.70. The molecule has 242 valence electrons. The van der Waals surface area contributed by atoms with E-state index in [1.54, 1.807) is 6.07 Å². The molecule has 6 rings (SSSR count). The molecule has 0 atom stereocenters. The number of fused-ring (bicyclic) bond motifs is 1.